The monoisotopic (exact) mass is 306 g/mol. The van der Waals surface area contributed by atoms with Crippen LogP contribution >= 0.6 is 0 Å². The van der Waals surface area contributed by atoms with Crippen molar-refractivity contribution in [3.8, 4) is 5.88 Å². The summed E-state index contributed by atoms with van der Waals surface area (Å²) >= 11 is 0. The predicted molar refractivity (Wildman–Crippen MR) is 90.7 cm³/mol. The molecule has 0 aliphatic heterocycles. The normalized spacial score (nSPS) is 14.4. The van der Waals surface area contributed by atoms with E-state index in [9.17, 15) is 0 Å². The fourth-order valence-corrected chi connectivity index (χ4v) is 2.40. The second-order valence-electron chi connectivity index (χ2n) is 5.88. The van der Waals surface area contributed by atoms with Crippen molar-refractivity contribution in [2.75, 3.05) is 38.1 Å². The van der Waals surface area contributed by atoms with Crippen LogP contribution in [0.5, 0.6) is 5.88 Å². The van der Waals surface area contributed by atoms with Gasteiger partial charge in [-0.2, -0.15) is 4.98 Å². The molecule has 2 rings (SSSR count). The zero-order chi connectivity index (χ0) is 15.8. The summed E-state index contributed by atoms with van der Waals surface area (Å²) in [5.41, 5.74) is 0. The van der Waals surface area contributed by atoms with E-state index < -0.39 is 0 Å². The minimum absolute atomic E-state index is 0.543. The molecule has 1 fully saturated rings. The first-order chi connectivity index (χ1) is 10.8. The maximum absolute atomic E-state index is 5.69. The first kappa shape index (κ1) is 17.0. The number of rotatable bonds is 11. The highest BCUT2D eigenvalue weighted by Crippen LogP contribution is 2.39. The zero-order valence-electron chi connectivity index (χ0n) is 14.3. The smallest absolute Gasteiger partial charge is 0.218 e. The summed E-state index contributed by atoms with van der Waals surface area (Å²) in [6.45, 7) is 11.5. The third-order valence-corrected chi connectivity index (χ3v) is 3.97. The Bertz CT molecular complexity index is 444. The fraction of sp³-hybridized carbons (Fsp3) is 0.765. The van der Waals surface area contributed by atoms with Crippen LogP contribution in [-0.2, 0) is 0 Å². The molecule has 1 saturated carbocycles. The molecule has 0 atom stereocenters. The minimum atomic E-state index is 0.543. The predicted octanol–water partition coefficient (Wildman–Crippen LogP) is 3.29. The van der Waals surface area contributed by atoms with Crippen LogP contribution in [0.15, 0.2) is 6.07 Å². The Hall–Kier alpha value is -1.36. The average Bonchev–Trinajstić information content (AvgIpc) is 3.38. The number of anilines is 1. The maximum Gasteiger partial charge on any atom is 0.218 e. The standard InChI is InChI=1S/C17H30N4O/c1-4-12-22-16-13-15(19-17(20-16)14-8-9-14)18-10-7-11-21(5-2)6-3/h13-14H,4-12H2,1-3H3,(H,18,19,20). The van der Waals surface area contributed by atoms with Crippen molar-refractivity contribution in [3.63, 3.8) is 0 Å². The third kappa shape index (κ3) is 5.44. The first-order valence-corrected chi connectivity index (χ1v) is 8.74. The lowest BCUT2D eigenvalue weighted by Crippen LogP contribution is -2.25. The highest BCUT2D eigenvalue weighted by Gasteiger charge is 2.27. The molecule has 1 heterocycles. The van der Waals surface area contributed by atoms with Crippen LogP contribution in [-0.4, -0.2) is 47.7 Å². The summed E-state index contributed by atoms with van der Waals surface area (Å²) in [7, 11) is 0. The quantitative estimate of drug-likeness (QED) is 0.636. The van der Waals surface area contributed by atoms with Gasteiger partial charge in [0.2, 0.25) is 5.88 Å². The molecular formula is C17H30N4O. The van der Waals surface area contributed by atoms with Crippen molar-refractivity contribution in [2.45, 2.75) is 52.4 Å². The van der Waals surface area contributed by atoms with E-state index >= 15 is 0 Å². The largest absolute Gasteiger partial charge is 0.478 e. The van der Waals surface area contributed by atoms with Crippen LogP contribution < -0.4 is 10.1 Å². The van der Waals surface area contributed by atoms with E-state index in [0.717, 1.165) is 50.7 Å². The van der Waals surface area contributed by atoms with Gasteiger partial charge in [-0.1, -0.05) is 20.8 Å². The molecule has 0 aromatic carbocycles. The van der Waals surface area contributed by atoms with Crippen molar-refractivity contribution >= 4 is 5.82 Å². The molecule has 0 bridgehead atoms. The van der Waals surface area contributed by atoms with Gasteiger partial charge in [0.05, 0.1) is 6.61 Å². The summed E-state index contributed by atoms with van der Waals surface area (Å²) in [6.07, 6.45) is 4.53. The summed E-state index contributed by atoms with van der Waals surface area (Å²) in [5, 5.41) is 3.43. The van der Waals surface area contributed by atoms with Gasteiger partial charge in [-0.25, -0.2) is 4.98 Å². The molecule has 22 heavy (non-hydrogen) atoms. The molecule has 1 aromatic rings. The molecule has 0 amide bonds. The van der Waals surface area contributed by atoms with E-state index in [1.165, 1.54) is 12.8 Å². The number of nitrogens with zero attached hydrogens (tertiary/aromatic N) is 3. The van der Waals surface area contributed by atoms with Crippen LogP contribution in [0.3, 0.4) is 0 Å². The van der Waals surface area contributed by atoms with Crippen molar-refractivity contribution in [1.29, 1.82) is 0 Å². The maximum atomic E-state index is 5.69. The molecule has 1 aliphatic rings. The number of ether oxygens (including phenoxy) is 1. The highest BCUT2D eigenvalue weighted by atomic mass is 16.5. The molecule has 5 nitrogen and oxygen atoms in total. The molecular weight excluding hydrogens is 276 g/mol. The van der Waals surface area contributed by atoms with Crippen molar-refractivity contribution in [1.82, 2.24) is 14.9 Å². The topological polar surface area (TPSA) is 50.3 Å². The van der Waals surface area contributed by atoms with Crippen LogP contribution in [0.25, 0.3) is 0 Å². The Morgan fingerprint density at radius 1 is 1.23 bits per heavy atom. The van der Waals surface area contributed by atoms with Gasteiger partial charge in [0, 0.05) is 18.5 Å². The van der Waals surface area contributed by atoms with Crippen molar-refractivity contribution < 1.29 is 4.74 Å². The van der Waals surface area contributed by atoms with E-state index in [-0.39, 0.29) is 0 Å². The molecule has 0 radical (unpaired) electrons. The molecule has 1 aromatic heterocycles. The van der Waals surface area contributed by atoms with E-state index in [2.05, 4.69) is 41.0 Å². The van der Waals surface area contributed by atoms with Gasteiger partial charge in [-0.3, -0.25) is 0 Å². The molecule has 0 saturated heterocycles. The van der Waals surface area contributed by atoms with E-state index in [1.807, 2.05) is 6.07 Å². The van der Waals surface area contributed by atoms with E-state index in [4.69, 9.17) is 4.74 Å². The summed E-state index contributed by atoms with van der Waals surface area (Å²) < 4.78 is 5.69. The highest BCUT2D eigenvalue weighted by molar-refractivity contribution is 5.39. The lowest BCUT2D eigenvalue weighted by atomic mass is 10.3. The molecule has 1 aliphatic carbocycles. The molecule has 5 heteroatoms. The molecule has 1 N–H and O–H groups in total. The number of hydrogen-bond acceptors (Lipinski definition) is 5. The summed E-state index contributed by atoms with van der Waals surface area (Å²) in [4.78, 5) is 11.6. The van der Waals surface area contributed by atoms with E-state index in [0.29, 0.717) is 18.4 Å². The average molecular weight is 306 g/mol. The van der Waals surface area contributed by atoms with Gasteiger partial charge in [-0.15, -0.1) is 0 Å². The summed E-state index contributed by atoms with van der Waals surface area (Å²) in [6, 6.07) is 1.93. The van der Waals surface area contributed by atoms with Crippen LogP contribution in [0.1, 0.15) is 58.2 Å². The SMILES string of the molecule is CCCOc1cc(NCCCN(CC)CC)nc(C2CC2)n1. The Balaban J connectivity index is 1.87. The second-order valence-corrected chi connectivity index (χ2v) is 5.88. The van der Waals surface area contributed by atoms with Gasteiger partial charge in [-0.05, 0) is 45.3 Å². The fourth-order valence-electron chi connectivity index (χ4n) is 2.40. The zero-order valence-corrected chi connectivity index (χ0v) is 14.3. The second kappa shape index (κ2) is 8.93. The van der Waals surface area contributed by atoms with Crippen molar-refractivity contribution in [3.05, 3.63) is 11.9 Å². The van der Waals surface area contributed by atoms with Gasteiger partial charge >= 0.3 is 0 Å². The molecule has 124 valence electrons. The molecule has 0 unspecified atom stereocenters. The lowest BCUT2D eigenvalue weighted by molar-refractivity contribution is 0.302. The summed E-state index contributed by atoms with van der Waals surface area (Å²) in [5.74, 6) is 3.11. The third-order valence-electron chi connectivity index (χ3n) is 3.97. The van der Waals surface area contributed by atoms with Crippen molar-refractivity contribution in [2.24, 2.45) is 0 Å². The molecule has 0 spiro atoms. The Labute approximate surface area is 134 Å². The van der Waals surface area contributed by atoms with E-state index in [1.54, 1.807) is 0 Å². The van der Waals surface area contributed by atoms with Crippen LogP contribution in [0, 0.1) is 0 Å². The van der Waals surface area contributed by atoms with Gasteiger partial charge < -0.3 is 15.0 Å². The number of nitrogens with one attached hydrogen (secondary N) is 1. The number of hydrogen-bond donors (Lipinski definition) is 1. The van der Waals surface area contributed by atoms with Gasteiger partial charge in [0.15, 0.2) is 0 Å². The Morgan fingerprint density at radius 3 is 2.64 bits per heavy atom. The first-order valence-electron chi connectivity index (χ1n) is 8.74. The van der Waals surface area contributed by atoms with Gasteiger partial charge in [0.25, 0.3) is 0 Å². The van der Waals surface area contributed by atoms with Crippen LogP contribution in [0.4, 0.5) is 5.82 Å². The van der Waals surface area contributed by atoms with Gasteiger partial charge in [0.1, 0.15) is 11.6 Å². The Kier molecular flexibility index (Phi) is 6.90. The minimum Gasteiger partial charge on any atom is -0.478 e. The van der Waals surface area contributed by atoms with Crippen LogP contribution in [0.2, 0.25) is 0 Å². The number of aromatic nitrogens is 2. The lowest BCUT2D eigenvalue weighted by Gasteiger charge is -2.18. The Morgan fingerprint density at radius 2 is 2.00 bits per heavy atom.